The van der Waals surface area contributed by atoms with Crippen molar-refractivity contribution in [3.8, 4) is 5.75 Å². The van der Waals surface area contributed by atoms with E-state index < -0.39 is 0 Å². The van der Waals surface area contributed by atoms with E-state index in [-0.39, 0.29) is 0 Å². The number of ether oxygens (including phenoxy) is 1. The number of hydrogen-bond donors (Lipinski definition) is 0. The van der Waals surface area contributed by atoms with Gasteiger partial charge in [0.15, 0.2) is 5.65 Å². The number of hydrogen-bond acceptors (Lipinski definition) is 3. The molecule has 22 heavy (non-hydrogen) atoms. The molecule has 0 amide bonds. The van der Waals surface area contributed by atoms with Gasteiger partial charge in [-0.1, -0.05) is 11.6 Å². The van der Waals surface area contributed by atoms with E-state index in [0.717, 1.165) is 17.0 Å². The molecule has 3 aromatic rings. The number of fused-ring (bicyclic) bond motifs is 1. The molecule has 0 N–H and O–H groups in total. The summed E-state index contributed by atoms with van der Waals surface area (Å²) in [5.74, 6) is 1.44. The van der Waals surface area contributed by atoms with E-state index in [4.69, 9.17) is 16.3 Å². The largest absolute Gasteiger partial charge is 0.489 e. The maximum atomic E-state index is 6.09. The minimum absolute atomic E-state index is 0.523. The van der Waals surface area contributed by atoms with Gasteiger partial charge in [-0.05, 0) is 66.6 Å². The number of aromatic nitrogens is 3. The molecule has 0 radical (unpaired) electrons. The molecular weight excluding hydrogens is 298 g/mol. The molecule has 1 aromatic carbocycles. The van der Waals surface area contributed by atoms with Crippen LogP contribution in [0, 0.1) is 6.92 Å². The first-order chi connectivity index (χ1) is 10.7. The highest BCUT2D eigenvalue weighted by molar-refractivity contribution is 6.30. The summed E-state index contributed by atoms with van der Waals surface area (Å²) in [5.41, 5.74) is 4.47. The lowest BCUT2D eigenvalue weighted by Crippen LogP contribution is -2.02. The van der Waals surface area contributed by atoms with Gasteiger partial charge in [0.1, 0.15) is 18.7 Å². The van der Waals surface area contributed by atoms with Crippen molar-refractivity contribution in [1.82, 2.24) is 14.6 Å². The van der Waals surface area contributed by atoms with Gasteiger partial charge in [0.25, 0.3) is 0 Å². The van der Waals surface area contributed by atoms with Gasteiger partial charge < -0.3 is 4.74 Å². The zero-order valence-electron chi connectivity index (χ0n) is 12.3. The SMILES string of the molecule is Cc1cc(Cl)cc(OCc2cc3nncn3cc2C2CC2)c1. The third-order valence-corrected chi connectivity index (χ3v) is 4.20. The van der Waals surface area contributed by atoms with Gasteiger partial charge >= 0.3 is 0 Å². The van der Waals surface area contributed by atoms with Crippen molar-refractivity contribution in [2.75, 3.05) is 0 Å². The van der Waals surface area contributed by atoms with E-state index >= 15 is 0 Å². The van der Waals surface area contributed by atoms with Crippen LogP contribution in [0.25, 0.3) is 5.65 Å². The van der Waals surface area contributed by atoms with E-state index in [1.165, 1.54) is 24.0 Å². The summed E-state index contributed by atoms with van der Waals surface area (Å²) < 4.78 is 7.93. The number of nitrogens with zero attached hydrogens (tertiary/aromatic N) is 3. The molecule has 1 aliphatic carbocycles. The highest BCUT2D eigenvalue weighted by Gasteiger charge is 2.27. The normalized spacial score (nSPS) is 14.5. The predicted molar refractivity (Wildman–Crippen MR) is 85.5 cm³/mol. The molecule has 0 atom stereocenters. The average Bonchev–Trinajstić information content (AvgIpc) is 3.22. The summed E-state index contributed by atoms with van der Waals surface area (Å²) in [7, 11) is 0. The summed E-state index contributed by atoms with van der Waals surface area (Å²) in [4.78, 5) is 0. The molecule has 1 aliphatic rings. The Morgan fingerprint density at radius 2 is 2.14 bits per heavy atom. The number of halogens is 1. The van der Waals surface area contributed by atoms with Crippen molar-refractivity contribution in [1.29, 1.82) is 0 Å². The van der Waals surface area contributed by atoms with E-state index in [9.17, 15) is 0 Å². The van der Waals surface area contributed by atoms with E-state index in [1.54, 1.807) is 6.33 Å². The molecular formula is C17H16ClN3O. The first kappa shape index (κ1) is 13.6. The minimum Gasteiger partial charge on any atom is -0.489 e. The Morgan fingerprint density at radius 3 is 2.91 bits per heavy atom. The zero-order chi connectivity index (χ0) is 15.1. The fraction of sp³-hybridized carbons (Fsp3) is 0.294. The van der Waals surface area contributed by atoms with Crippen LogP contribution in [-0.4, -0.2) is 14.6 Å². The fourth-order valence-electron chi connectivity index (χ4n) is 2.76. The lowest BCUT2D eigenvalue weighted by molar-refractivity contribution is 0.304. The quantitative estimate of drug-likeness (QED) is 0.726. The zero-order valence-corrected chi connectivity index (χ0v) is 13.0. The Morgan fingerprint density at radius 1 is 1.27 bits per heavy atom. The van der Waals surface area contributed by atoms with Crippen molar-refractivity contribution in [3.05, 3.63) is 58.5 Å². The molecule has 5 heteroatoms. The number of pyridine rings is 1. The Bertz CT molecular complexity index is 819. The molecule has 2 aromatic heterocycles. The highest BCUT2D eigenvalue weighted by atomic mass is 35.5. The molecule has 0 saturated heterocycles. The Hall–Kier alpha value is -2.07. The number of aryl methyl sites for hydroxylation is 1. The summed E-state index contributed by atoms with van der Waals surface area (Å²) in [6, 6.07) is 7.84. The molecule has 0 bridgehead atoms. The average molecular weight is 314 g/mol. The molecule has 0 unspecified atom stereocenters. The molecule has 1 saturated carbocycles. The van der Waals surface area contributed by atoms with Crippen LogP contribution in [0.4, 0.5) is 0 Å². The lowest BCUT2D eigenvalue weighted by atomic mass is 10.1. The van der Waals surface area contributed by atoms with E-state index in [1.807, 2.05) is 29.5 Å². The van der Waals surface area contributed by atoms with E-state index in [2.05, 4.69) is 22.5 Å². The first-order valence-electron chi connectivity index (χ1n) is 7.41. The molecule has 1 fully saturated rings. The van der Waals surface area contributed by atoms with Crippen LogP contribution in [0.2, 0.25) is 5.02 Å². The van der Waals surface area contributed by atoms with Gasteiger partial charge in [-0.25, -0.2) is 0 Å². The maximum absolute atomic E-state index is 6.09. The van der Waals surface area contributed by atoms with E-state index in [0.29, 0.717) is 17.5 Å². The summed E-state index contributed by atoms with van der Waals surface area (Å²) in [6.45, 7) is 2.53. The van der Waals surface area contributed by atoms with Gasteiger partial charge in [-0.2, -0.15) is 0 Å². The van der Waals surface area contributed by atoms with Crippen molar-refractivity contribution in [2.24, 2.45) is 0 Å². The van der Waals surface area contributed by atoms with Gasteiger partial charge in [0.2, 0.25) is 0 Å². The molecule has 112 valence electrons. The molecule has 0 aliphatic heterocycles. The van der Waals surface area contributed by atoms with Crippen LogP contribution >= 0.6 is 11.6 Å². The standard InChI is InChI=1S/C17H16ClN3O/c1-11-4-14(18)7-15(5-11)22-9-13-6-17-20-19-10-21(17)8-16(13)12-2-3-12/h4-8,10,12H,2-3,9H2,1H3. The Kier molecular flexibility index (Phi) is 3.26. The number of rotatable bonds is 4. The third kappa shape index (κ3) is 2.66. The summed E-state index contributed by atoms with van der Waals surface area (Å²) in [5, 5.41) is 8.78. The van der Waals surface area contributed by atoms with Gasteiger partial charge in [0, 0.05) is 11.2 Å². The predicted octanol–water partition coefficient (Wildman–Crippen LogP) is 4.15. The monoisotopic (exact) mass is 313 g/mol. The van der Waals surface area contributed by atoms with Crippen molar-refractivity contribution in [3.63, 3.8) is 0 Å². The van der Waals surface area contributed by atoms with Crippen molar-refractivity contribution in [2.45, 2.75) is 32.3 Å². The Labute approximate surface area is 133 Å². The Balaban J connectivity index is 1.63. The second-order valence-corrected chi connectivity index (χ2v) is 6.31. The first-order valence-corrected chi connectivity index (χ1v) is 7.79. The van der Waals surface area contributed by atoms with Gasteiger partial charge in [-0.3, -0.25) is 4.40 Å². The minimum atomic E-state index is 0.523. The maximum Gasteiger partial charge on any atom is 0.160 e. The summed E-state index contributed by atoms with van der Waals surface area (Å²) in [6.07, 6.45) is 6.37. The molecule has 4 nitrogen and oxygen atoms in total. The highest BCUT2D eigenvalue weighted by Crippen LogP contribution is 2.42. The second-order valence-electron chi connectivity index (χ2n) is 5.88. The molecule has 0 spiro atoms. The topological polar surface area (TPSA) is 39.4 Å². The second kappa shape index (κ2) is 5.29. The lowest BCUT2D eigenvalue weighted by Gasteiger charge is -2.12. The summed E-state index contributed by atoms with van der Waals surface area (Å²) >= 11 is 6.09. The smallest absolute Gasteiger partial charge is 0.160 e. The van der Waals surface area contributed by atoms with Gasteiger partial charge in [0.05, 0.1) is 0 Å². The third-order valence-electron chi connectivity index (χ3n) is 3.98. The van der Waals surface area contributed by atoms with Crippen LogP contribution in [0.3, 0.4) is 0 Å². The molecule has 2 heterocycles. The number of benzene rings is 1. The van der Waals surface area contributed by atoms with Crippen molar-refractivity contribution < 1.29 is 4.74 Å². The van der Waals surface area contributed by atoms with Crippen LogP contribution in [0.15, 0.2) is 36.8 Å². The molecule has 4 rings (SSSR count). The van der Waals surface area contributed by atoms with Crippen LogP contribution in [0.1, 0.15) is 35.4 Å². The van der Waals surface area contributed by atoms with Crippen LogP contribution < -0.4 is 4.74 Å². The fourth-order valence-corrected chi connectivity index (χ4v) is 3.04. The van der Waals surface area contributed by atoms with Crippen LogP contribution in [-0.2, 0) is 6.61 Å². The van der Waals surface area contributed by atoms with Crippen LogP contribution in [0.5, 0.6) is 5.75 Å². The van der Waals surface area contributed by atoms with Gasteiger partial charge in [-0.15, -0.1) is 10.2 Å². The van der Waals surface area contributed by atoms with Crippen molar-refractivity contribution >= 4 is 17.2 Å².